The molecule has 1 aromatic carbocycles. The average Bonchev–Trinajstić information content (AvgIpc) is 2.93. The Labute approximate surface area is 130 Å². The molecule has 2 rings (SSSR count). The molecule has 120 valence electrons. The maximum absolute atomic E-state index is 13.5. The third-order valence-corrected chi connectivity index (χ3v) is 3.62. The largest absolute Gasteiger partial charge is 0.494 e. The highest BCUT2D eigenvalue weighted by Crippen LogP contribution is 2.21. The van der Waals surface area contributed by atoms with Gasteiger partial charge in [-0.15, -0.1) is 0 Å². The highest BCUT2D eigenvalue weighted by molar-refractivity contribution is 7.98. The van der Waals surface area contributed by atoms with Gasteiger partial charge in [0, 0.05) is 6.54 Å². The number of nitrogens with one attached hydrogen (secondary N) is 1. The van der Waals surface area contributed by atoms with Crippen molar-refractivity contribution >= 4 is 11.8 Å². The fourth-order valence-corrected chi connectivity index (χ4v) is 2.34. The minimum absolute atomic E-state index is 0.140. The number of hydrogen-bond donors (Lipinski definition) is 1. The van der Waals surface area contributed by atoms with Crippen molar-refractivity contribution in [3.8, 4) is 5.75 Å². The number of methoxy groups -OCH3 is 1. The zero-order valence-electron chi connectivity index (χ0n) is 11.9. The average molecular weight is 331 g/mol. The smallest absolute Gasteiger partial charge is 0.284 e. The summed E-state index contributed by atoms with van der Waals surface area (Å²) in [4.78, 5) is 0. The molecule has 0 spiro atoms. The highest BCUT2D eigenvalue weighted by Gasteiger charge is 2.07. The Kier molecular flexibility index (Phi) is 6.21. The fourth-order valence-electron chi connectivity index (χ4n) is 1.89. The summed E-state index contributed by atoms with van der Waals surface area (Å²) < 4.78 is 47.9. The van der Waals surface area contributed by atoms with Crippen LogP contribution in [-0.2, 0) is 18.8 Å². The monoisotopic (exact) mass is 331 g/mol. The number of benzene rings is 1. The van der Waals surface area contributed by atoms with Gasteiger partial charge < -0.3 is 14.5 Å². The van der Waals surface area contributed by atoms with Crippen molar-refractivity contribution in [3.05, 3.63) is 53.2 Å². The minimum atomic E-state index is -2.41. The summed E-state index contributed by atoms with van der Waals surface area (Å²) in [5.74, 6) is -1.31. The van der Waals surface area contributed by atoms with Crippen molar-refractivity contribution in [1.82, 2.24) is 5.32 Å². The van der Waals surface area contributed by atoms with E-state index in [4.69, 9.17) is 9.15 Å². The normalized spacial score (nSPS) is 11.1. The number of ether oxygens (including phenoxy) is 1. The van der Waals surface area contributed by atoms with Gasteiger partial charge in [0.15, 0.2) is 11.6 Å². The van der Waals surface area contributed by atoms with Crippen molar-refractivity contribution in [2.45, 2.75) is 24.6 Å². The van der Waals surface area contributed by atoms with E-state index >= 15 is 0 Å². The predicted octanol–water partition coefficient (Wildman–Crippen LogP) is 4.17. The van der Waals surface area contributed by atoms with Crippen LogP contribution in [0.3, 0.4) is 0 Å². The number of halogens is 3. The van der Waals surface area contributed by atoms with E-state index in [9.17, 15) is 13.2 Å². The van der Waals surface area contributed by atoms with Gasteiger partial charge in [-0.3, -0.25) is 0 Å². The summed E-state index contributed by atoms with van der Waals surface area (Å²) in [5, 5.41) is 3.10. The van der Waals surface area contributed by atoms with Gasteiger partial charge in [0.25, 0.3) is 5.76 Å². The topological polar surface area (TPSA) is 34.4 Å². The molecule has 1 heterocycles. The first-order valence-corrected chi connectivity index (χ1v) is 7.64. The zero-order valence-corrected chi connectivity index (χ0v) is 12.8. The molecule has 0 unspecified atom stereocenters. The molecule has 1 aromatic heterocycles. The lowest BCUT2D eigenvalue weighted by Crippen LogP contribution is -2.12. The molecule has 0 saturated carbocycles. The number of rotatable bonds is 8. The molecular weight excluding hydrogens is 315 g/mol. The van der Waals surface area contributed by atoms with Gasteiger partial charge in [-0.25, -0.2) is 4.39 Å². The Balaban J connectivity index is 1.80. The van der Waals surface area contributed by atoms with Crippen LogP contribution in [0.2, 0.25) is 0 Å². The van der Waals surface area contributed by atoms with Gasteiger partial charge >= 0.3 is 0 Å². The first kappa shape index (κ1) is 16.8. The molecule has 1 N–H and O–H groups in total. The molecule has 0 saturated heterocycles. The maximum Gasteiger partial charge on any atom is 0.284 e. The lowest BCUT2D eigenvalue weighted by Gasteiger charge is -2.06. The maximum atomic E-state index is 13.5. The Morgan fingerprint density at radius 1 is 1.18 bits per heavy atom. The zero-order chi connectivity index (χ0) is 15.9. The van der Waals surface area contributed by atoms with E-state index in [-0.39, 0.29) is 11.5 Å². The summed E-state index contributed by atoms with van der Waals surface area (Å²) in [6.45, 7) is 0.899. The van der Waals surface area contributed by atoms with Crippen molar-refractivity contribution in [3.63, 3.8) is 0 Å². The van der Waals surface area contributed by atoms with Crippen LogP contribution in [0.25, 0.3) is 0 Å². The van der Waals surface area contributed by atoms with Gasteiger partial charge in [-0.05, 0) is 29.8 Å². The van der Waals surface area contributed by atoms with E-state index in [1.807, 2.05) is 0 Å². The molecule has 2 aromatic rings. The molecule has 22 heavy (non-hydrogen) atoms. The summed E-state index contributed by atoms with van der Waals surface area (Å²) in [7, 11) is 1.41. The Hall–Kier alpha value is -1.60. The standard InChI is InChI=1S/C15H16F3NO2S/c1-20-14-5-2-10(6-13(14)16)7-19-8-11-3-4-12(21-11)9-22-15(17)18/h2-6,15,19H,7-9H2,1H3. The second kappa shape index (κ2) is 8.14. The first-order valence-electron chi connectivity index (χ1n) is 6.59. The Morgan fingerprint density at radius 3 is 2.64 bits per heavy atom. The van der Waals surface area contributed by atoms with Crippen molar-refractivity contribution in [2.75, 3.05) is 7.11 Å². The van der Waals surface area contributed by atoms with E-state index in [0.717, 1.165) is 5.56 Å². The van der Waals surface area contributed by atoms with E-state index in [0.29, 0.717) is 36.4 Å². The van der Waals surface area contributed by atoms with E-state index in [2.05, 4.69) is 5.32 Å². The molecule has 0 fully saturated rings. The summed E-state index contributed by atoms with van der Waals surface area (Å²) in [5.41, 5.74) is 0.776. The third-order valence-electron chi connectivity index (χ3n) is 2.91. The van der Waals surface area contributed by atoms with Crippen LogP contribution in [0.1, 0.15) is 17.1 Å². The van der Waals surface area contributed by atoms with Crippen LogP contribution in [0, 0.1) is 5.82 Å². The van der Waals surface area contributed by atoms with Crippen LogP contribution in [0.5, 0.6) is 5.75 Å². The van der Waals surface area contributed by atoms with Crippen LogP contribution < -0.4 is 10.1 Å². The van der Waals surface area contributed by atoms with Gasteiger partial charge in [-0.2, -0.15) is 8.78 Å². The Bertz CT molecular complexity index is 604. The quantitative estimate of drug-likeness (QED) is 0.787. The molecular formula is C15H16F3NO2S. The molecule has 7 heteroatoms. The first-order chi connectivity index (χ1) is 10.6. The van der Waals surface area contributed by atoms with Crippen molar-refractivity contribution < 1.29 is 22.3 Å². The van der Waals surface area contributed by atoms with Crippen LogP contribution in [0.4, 0.5) is 13.2 Å². The molecule has 0 bridgehead atoms. The molecule has 3 nitrogen and oxygen atoms in total. The van der Waals surface area contributed by atoms with Crippen LogP contribution in [-0.4, -0.2) is 12.9 Å². The highest BCUT2D eigenvalue weighted by atomic mass is 32.2. The lowest BCUT2D eigenvalue weighted by molar-refractivity contribution is 0.251. The van der Waals surface area contributed by atoms with Gasteiger partial charge in [0.2, 0.25) is 0 Å². The fraction of sp³-hybridized carbons (Fsp3) is 0.333. The van der Waals surface area contributed by atoms with Crippen LogP contribution in [0.15, 0.2) is 34.7 Å². The third kappa shape index (κ3) is 4.99. The number of thioether (sulfide) groups is 1. The molecule has 0 aliphatic rings. The van der Waals surface area contributed by atoms with Crippen molar-refractivity contribution in [2.24, 2.45) is 0 Å². The lowest BCUT2D eigenvalue weighted by atomic mass is 10.2. The second-order valence-electron chi connectivity index (χ2n) is 4.51. The van der Waals surface area contributed by atoms with Gasteiger partial charge in [-0.1, -0.05) is 17.8 Å². The minimum Gasteiger partial charge on any atom is -0.494 e. The summed E-state index contributed by atoms with van der Waals surface area (Å²) >= 11 is 0.522. The molecule has 0 atom stereocenters. The second-order valence-corrected chi connectivity index (χ2v) is 5.49. The number of hydrogen-bond acceptors (Lipinski definition) is 4. The van der Waals surface area contributed by atoms with Crippen LogP contribution >= 0.6 is 11.8 Å². The molecule has 0 radical (unpaired) electrons. The predicted molar refractivity (Wildman–Crippen MR) is 79.5 cm³/mol. The van der Waals surface area contributed by atoms with E-state index in [1.54, 1.807) is 24.3 Å². The summed E-state index contributed by atoms with van der Waals surface area (Å²) in [6, 6.07) is 8.15. The SMILES string of the molecule is COc1ccc(CNCc2ccc(CSC(F)F)o2)cc1F. The molecule has 0 aliphatic heterocycles. The number of alkyl halides is 2. The Morgan fingerprint density at radius 2 is 1.95 bits per heavy atom. The van der Waals surface area contributed by atoms with Gasteiger partial charge in [0.05, 0.1) is 19.4 Å². The van der Waals surface area contributed by atoms with Crippen molar-refractivity contribution in [1.29, 1.82) is 0 Å². The van der Waals surface area contributed by atoms with Gasteiger partial charge in [0.1, 0.15) is 11.5 Å². The molecule has 0 aliphatic carbocycles. The van der Waals surface area contributed by atoms with E-state index < -0.39 is 11.6 Å². The molecule has 0 amide bonds. The number of furan rings is 1. The summed E-state index contributed by atoms with van der Waals surface area (Å²) in [6.07, 6.45) is 0. The van der Waals surface area contributed by atoms with E-state index in [1.165, 1.54) is 13.2 Å².